The van der Waals surface area contributed by atoms with E-state index in [4.69, 9.17) is 11.6 Å². The van der Waals surface area contributed by atoms with Gasteiger partial charge in [0.05, 0.1) is 17.2 Å². The van der Waals surface area contributed by atoms with Crippen molar-refractivity contribution < 1.29 is 18.3 Å². The van der Waals surface area contributed by atoms with Gasteiger partial charge in [-0.2, -0.15) is 24.9 Å². The van der Waals surface area contributed by atoms with Crippen LogP contribution in [-0.2, 0) is 19.1 Å². The molecule has 1 aliphatic rings. The molecule has 9 heteroatoms. The minimum absolute atomic E-state index is 0.0479. The number of nitrogens with zero attached hydrogens (tertiary/aromatic N) is 3. The summed E-state index contributed by atoms with van der Waals surface area (Å²) in [6, 6.07) is 10.3. The Kier molecular flexibility index (Phi) is 5.59. The molecule has 2 heterocycles. The summed E-state index contributed by atoms with van der Waals surface area (Å²) in [6.45, 7) is 2.73. The first-order valence-corrected chi connectivity index (χ1v) is 10.7. The highest BCUT2D eigenvalue weighted by Gasteiger charge is 2.32. The zero-order valence-electron chi connectivity index (χ0n) is 16.1. The molecule has 0 bridgehead atoms. The average Bonchev–Trinajstić information content (AvgIpc) is 3.00. The van der Waals surface area contributed by atoms with Gasteiger partial charge in [-0.1, -0.05) is 29.8 Å². The maximum absolute atomic E-state index is 13.0. The summed E-state index contributed by atoms with van der Waals surface area (Å²) >= 11 is 8.21. The highest BCUT2D eigenvalue weighted by Crippen LogP contribution is 2.37. The number of rotatable bonds is 3. The lowest BCUT2D eigenvalue weighted by atomic mass is 10.0. The summed E-state index contributed by atoms with van der Waals surface area (Å²) in [5.41, 5.74) is 0.999. The van der Waals surface area contributed by atoms with Crippen LogP contribution >= 0.6 is 23.4 Å². The van der Waals surface area contributed by atoms with Crippen molar-refractivity contribution >= 4 is 23.4 Å². The molecule has 1 aliphatic heterocycles. The molecule has 1 unspecified atom stereocenters. The van der Waals surface area contributed by atoms with Gasteiger partial charge in [-0.05, 0) is 42.3 Å². The fourth-order valence-electron chi connectivity index (χ4n) is 3.52. The first-order valence-electron chi connectivity index (χ1n) is 9.35. The van der Waals surface area contributed by atoms with Crippen LogP contribution in [0.3, 0.4) is 0 Å². The highest BCUT2D eigenvalue weighted by atomic mass is 35.5. The van der Waals surface area contributed by atoms with Crippen LogP contribution in [-0.4, -0.2) is 37.0 Å². The third kappa shape index (κ3) is 4.08. The van der Waals surface area contributed by atoms with E-state index in [0.29, 0.717) is 40.5 Å². The number of benzene rings is 2. The molecular weight excluding hydrogens is 435 g/mol. The third-order valence-corrected chi connectivity index (χ3v) is 6.86. The van der Waals surface area contributed by atoms with Gasteiger partial charge in [0.2, 0.25) is 0 Å². The average molecular weight is 454 g/mol. The molecule has 4 nitrogen and oxygen atoms in total. The van der Waals surface area contributed by atoms with E-state index in [1.54, 1.807) is 36.0 Å². The van der Waals surface area contributed by atoms with Crippen molar-refractivity contribution in [1.29, 1.82) is 0 Å². The van der Waals surface area contributed by atoms with Gasteiger partial charge >= 0.3 is 6.18 Å². The zero-order chi connectivity index (χ0) is 21.5. The second-order valence-corrected chi connectivity index (χ2v) is 9.59. The predicted molar refractivity (Wildman–Crippen MR) is 113 cm³/mol. The molecule has 0 spiro atoms. The number of aromatic nitrogens is 3. The van der Waals surface area contributed by atoms with Crippen molar-refractivity contribution in [2.75, 3.05) is 12.4 Å². The molecule has 158 valence electrons. The minimum atomic E-state index is -4.40. The van der Waals surface area contributed by atoms with Gasteiger partial charge in [0, 0.05) is 29.0 Å². The summed E-state index contributed by atoms with van der Waals surface area (Å²) in [5, 5.41) is 18.7. The number of fused-ring (bicyclic) bond motifs is 1. The molecule has 30 heavy (non-hydrogen) atoms. The topological polar surface area (TPSA) is 50.9 Å². The Hall–Kier alpha value is -2.03. The largest absolute Gasteiger partial charge is 0.416 e. The van der Waals surface area contributed by atoms with Gasteiger partial charge in [0.15, 0.2) is 5.82 Å². The fraction of sp³-hybridized carbons (Fsp3) is 0.333. The Morgan fingerprint density at radius 1 is 1.17 bits per heavy atom. The van der Waals surface area contributed by atoms with Gasteiger partial charge in [-0.3, -0.25) is 0 Å². The Bertz CT molecular complexity index is 1090. The van der Waals surface area contributed by atoms with Crippen LogP contribution in [0.25, 0.3) is 22.5 Å². The van der Waals surface area contributed by atoms with Crippen LogP contribution in [0.2, 0.25) is 5.02 Å². The molecule has 0 saturated carbocycles. The van der Waals surface area contributed by atoms with Crippen LogP contribution in [0.1, 0.15) is 18.3 Å². The van der Waals surface area contributed by atoms with Gasteiger partial charge in [-0.25, -0.2) is 0 Å². The van der Waals surface area contributed by atoms with Crippen LogP contribution in [0.5, 0.6) is 0 Å². The molecule has 0 aliphatic carbocycles. The van der Waals surface area contributed by atoms with E-state index in [-0.39, 0.29) is 11.4 Å². The summed E-state index contributed by atoms with van der Waals surface area (Å²) in [6.07, 6.45) is -3.82. The van der Waals surface area contributed by atoms with Gasteiger partial charge < -0.3 is 9.67 Å². The van der Waals surface area contributed by atoms with Crippen LogP contribution in [0.4, 0.5) is 13.2 Å². The van der Waals surface area contributed by atoms with E-state index in [1.165, 1.54) is 6.07 Å². The van der Waals surface area contributed by atoms with E-state index in [9.17, 15) is 18.3 Å². The molecule has 3 aromatic rings. The fourth-order valence-corrected chi connectivity index (χ4v) is 4.88. The summed E-state index contributed by atoms with van der Waals surface area (Å²) < 4.78 is 40.8. The van der Waals surface area contributed by atoms with E-state index in [2.05, 4.69) is 10.2 Å². The normalized spacial score (nSPS) is 19.4. The molecule has 0 radical (unpaired) electrons. The molecule has 1 N–H and O–H groups in total. The summed E-state index contributed by atoms with van der Waals surface area (Å²) in [7, 11) is 0. The lowest BCUT2D eigenvalue weighted by Crippen LogP contribution is -2.28. The van der Waals surface area contributed by atoms with Gasteiger partial charge in [-0.15, -0.1) is 10.2 Å². The Morgan fingerprint density at radius 3 is 2.63 bits per heavy atom. The molecule has 0 amide bonds. The third-order valence-electron chi connectivity index (χ3n) is 5.19. The molecule has 0 fully saturated rings. The first kappa shape index (κ1) is 21.2. The highest BCUT2D eigenvalue weighted by molar-refractivity contribution is 8.00. The molecule has 0 saturated heterocycles. The second kappa shape index (κ2) is 7.90. The van der Waals surface area contributed by atoms with Crippen molar-refractivity contribution in [2.45, 2.75) is 30.8 Å². The van der Waals surface area contributed by atoms with E-state index >= 15 is 0 Å². The van der Waals surface area contributed by atoms with Crippen molar-refractivity contribution in [2.24, 2.45) is 0 Å². The van der Waals surface area contributed by atoms with E-state index < -0.39 is 11.7 Å². The van der Waals surface area contributed by atoms with Crippen LogP contribution in [0.15, 0.2) is 42.5 Å². The number of halogens is 4. The molecular formula is C21H19ClF3N3OS. The van der Waals surface area contributed by atoms with Crippen molar-refractivity contribution in [3.8, 4) is 22.5 Å². The molecule has 1 aromatic heterocycles. The van der Waals surface area contributed by atoms with Gasteiger partial charge in [0.1, 0.15) is 5.82 Å². The second-order valence-electron chi connectivity index (χ2n) is 7.50. The molecule has 4 rings (SSSR count). The van der Waals surface area contributed by atoms with Crippen molar-refractivity contribution in [3.63, 3.8) is 0 Å². The summed E-state index contributed by atoms with van der Waals surface area (Å²) in [5.74, 6) is 2.20. The molecule has 2 aromatic carbocycles. The zero-order valence-corrected chi connectivity index (χ0v) is 17.7. The van der Waals surface area contributed by atoms with E-state index in [0.717, 1.165) is 23.7 Å². The number of hydrogen-bond acceptors (Lipinski definition) is 4. The van der Waals surface area contributed by atoms with Crippen molar-refractivity contribution in [3.05, 3.63) is 58.9 Å². The lowest BCUT2D eigenvalue weighted by molar-refractivity contribution is -0.137. The summed E-state index contributed by atoms with van der Waals surface area (Å²) in [4.78, 5) is 0. The maximum atomic E-state index is 13.0. The Labute approximate surface area is 181 Å². The maximum Gasteiger partial charge on any atom is 0.416 e. The predicted octanol–water partition coefficient (Wildman–Crippen LogP) is 5.32. The van der Waals surface area contributed by atoms with E-state index in [1.807, 2.05) is 11.5 Å². The first-order chi connectivity index (χ1) is 14.2. The quantitative estimate of drug-likeness (QED) is 0.582. The lowest BCUT2D eigenvalue weighted by Gasteiger charge is -2.23. The number of alkyl halides is 3. The smallest absolute Gasteiger partial charge is 0.395 e. The minimum Gasteiger partial charge on any atom is -0.395 e. The van der Waals surface area contributed by atoms with Gasteiger partial charge in [0.25, 0.3) is 0 Å². The Balaban J connectivity index is 1.69. The number of hydrogen-bond donors (Lipinski definition) is 1. The Morgan fingerprint density at radius 2 is 1.93 bits per heavy atom. The number of thioether (sulfide) groups is 1. The number of aliphatic hydroxyl groups is 1. The molecule has 1 atom stereocenters. The monoisotopic (exact) mass is 453 g/mol. The van der Waals surface area contributed by atoms with Crippen molar-refractivity contribution in [1.82, 2.24) is 14.8 Å². The van der Waals surface area contributed by atoms with Crippen LogP contribution in [0, 0.1) is 0 Å². The standard InChI is InChI=1S/C21H19ClF3N3OS/c1-20(12-29)11-18-26-27-19(28(18)7-8-30-20)16-6-5-14(10-17(16)22)13-3-2-4-15(9-13)21(23,24)25/h2-6,9-10,29H,7-8,11-12H2,1H3. The van der Waals surface area contributed by atoms with Crippen LogP contribution < -0.4 is 0 Å². The SMILES string of the molecule is CC1(CO)Cc2nnc(-c3ccc(-c4cccc(C(F)(F)F)c4)cc3Cl)n2CCS1. The number of aliphatic hydroxyl groups excluding tert-OH is 1.